The van der Waals surface area contributed by atoms with Crippen molar-refractivity contribution in [2.45, 2.75) is 26.5 Å². The van der Waals surface area contributed by atoms with Gasteiger partial charge in [0.2, 0.25) is 0 Å². The first kappa shape index (κ1) is 29.1. The molecule has 1 aliphatic heterocycles. The molecule has 0 unspecified atom stereocenters. The fourth-order valence-electron chi connectivity index (χ4n) is 4.60. The van der Waals surface area contributed by atoms with Crippen LogP contribution in [0.4, 0.5) is 0 Å². The molecule has 0 saturated heterocycles. The molecule has 0 bridgehead atoms. The van der Waals surface area contributed by atoms with Crippen LogP contribution in [-0.2, 0) is 16.1 Å². The van der Waals surface area contributed by atoms with Gasteiger partial charge in [-0.2, -0.15) is 0 Å². The lowest BCUT2D eigenvalue weighted by molar-refractivity contribution is -0.139. The van der Waals surface area contributed by atoms with Crippen LogP contribution in [0, 0.1) is 3.57 Å². The number of halogens is 2. The van der Waals surface area contributed by atoms with Gasteiger partial charge in [-0.1, -0.05) is 65.4 Å². The highest BCUT2D eigenvalue weighted by Gasteiger charge is 2.33. The molecule has 4 aromatic rings. The minimum absolute atomic E-state index is 0.207. The van der Waals surface area contributed by atoms with Crippen LogP contribution in [0.25, 0.3) is 6.08 Å². The van der Waals surface area contributed by atoms with Crippen LogP contribution >= 0.6 is 45.5 Å². The third-order valence-corrected chi connectivity index (χ3v) is 8.51. The van der Waals surface area contributed by atoms with Gasteiger partial charge in [0.1, 0.15) is 6.61 Å². The highest BCUT2D eigenvalue weighted by Crippen LogP contribution is 2.35. The van der Waals surface area contributed by atoms with Crippen LogP contribution < -0.4 is 24.4 Å². The molecular formula is C31H26ClIN2O5S. The van der Waals surface area contributed by atoms with Crippen LogP contribution in [0.5, 0.6) is 11.5 Å². The standard InChI is InChI=1S/C31H26ClIN2O5S/c1-4-39-30(37)26-18(2)34-31-35(27(26)21-10-12-22(32)13-11-21)29(36)25(41-31)16-20-14-23(33)28(24(15-20)38-3)40-17-19-8-6-5-7-9-19/h5-16,27H,4,17H2,1-3H3/b25-16+/t27-/m0/s1. The third kappa shape index (κ3) is 6.12. The maximum absolute atomic E-state index is 13.9. The SMILES string of the molecule is CCOC(=O)C1=C(C)N=c2s/c(=C/c3cc(I)c(OCc4ccccc4)c(OC)c3)c(=O)n2[C@H]1c1ccc(Cl)cc1. The Morgan fingerprint density at radius 2 is 1.88 bits per heavy atom. The van der Waals surface area contributed by atoms with Crippen molar-refractivity contribution in [3.8, 4) is 11.5 Å². The van der Waals surface area contributed by atoms with Crippen LogP contribution in [0.2, 0.25) is 5.02 Å². The summed E-state index contributed by atoms with van der Waals surface area (Å²) >= 11 is 9.61. The van der Waals surface area contributed by atoms with Gasteiger partial charge >= 0.3 is 5.97 Å². The molecule has 3 aromatic carbocycles. The molecule has 0 saturated carbocycles. The quantitative estimate of drug-likeness (QED) is 0.176. The van der Waals surface area contributed by atoms with Crippen LogP contribution in [0.3, 0.4) is 0 Å². The molecule has 0 aliphatic carbocycles. The number of thiazole rings is 1. The number of methoxy groups -OCH3 is 1. The molecule has 1 aromatic heterocycles. The Hall–Kier alpha value is -3.41. The zero-order chi connectivity index (χ0) is 29.1. The van der Waals surface area contributed by atoms with Crippen molar-refractivity contribution in [1.29, 1.82) is 0 Å². The molecule has 1 atom stereocenters. The molecule has 0 fully saturated rings. The molecule has 0 spiro atoms. The number of rotatable bonds is 8. The van der Waals surface area contributed by atoms with Gasteiger partial charge in [-0.25, -0.2) is 9.79 Å². The summed E-state index contributed by atoms with van der Waals surface area (Å²) in [6.45, 7) is 4.11. The smallest absolute Gasteiger partial charge is 0.338 e. The first-order valence-corrected chi connectivity index (χ1v) is 15.1. The summed E-state index contributed by atoms with van der Waals surface area (Å²) in [4.78, 5) is 32.1. The van der Waals surface area contributed by atoms with Crippen molar-refractivity contribution in [3.63, 3.8) is 0 Å². The van der Waals surface area contributed by atoms with E-state index in [0.29, 0.717) is 43.7 Å². The Bertz CT molecular complexity index is 1810. The zero-order valence-electron chi connectivity index (χ0n) is 22.5. The number of carbonyl (C=O) groups excluding carboxylic acids is 1. The van der Waals surface area contributed by atoms with Crippen molar-refractivity contribution in [2.24, 2.45) is 4.99 Å². The van der Waals surface area contributed by atoms with E-state index in [9.17, 15) is 9.59 Å². The van der Waals surface area contributed by atoms with Gasteiger partial charge in [-0.15, -0.1) is 0 Å². The van der Waals surface area contributed by atoms with Gasteiger partial charge in [-0.3, -0.25) is 9.36 Å². The van der Waals surface area contributed by atoms with E-state index in [-0.39, 0.29) is 12.2 Å². The topological polar surface area (TPSA) is 79.1 Å². The van der Waals surface area contributed by atoms with Gasteiger partial charge < -0.3 is 14.2 Å². The van der Waals surface area contributed by atoms with Crippen molar-refractivity contribution < 1.29 is 19.0 Å². The number of carbonyl (C=O) groups is 1. The molecule has 41 heavy (non-hydrogen) atoms. The van der Waals surface area contributed by atoms with Crippen molar-refractivity contribution in [2.75, 3.05) is 13.7 Å². The molecular weight excluding hydrogens is 675 g/mol. The molecule has 2 heterocycles. The van der Waals surface area contributed by atoms with Crippen LogP contribution in [0.15, 0.2) is 87.8 Å². The fourth-order valence-corrected chi connectivity index (χ4v) is 6.55. The third-order valence-electron chi connectivity index (χ3n) is 6.48. The number of hydrogen-bond acceptors (Lipinski definition) is 7. The number of hydrogen-bond donors (Lipinski definition) is 0. The summed E-state index contributed by atoms with van der Waals surface area (Å²) in [7, 11) is 1.59. The van der Waals surface area contributed by atoms with Crippen molar-refractivity contribution in [1.82, 2.24) is 4.57 Å². The number of aromatic nitrogens is 1. The summed E-state index contributed by atoms with van der Waals surface area (Å²) in [5.74, 6) is 0.688. The van der Waals surface area contributed by atoms with Crippen molar-refractivity contribution in [3.05, 3.63) is 123 Å². The monoisotopic (exact) mass is 700 g/mol. The summed E-state index contributed by atoms with van der Waals surface area (Å²) in [5.41, 5.74) is 3.12. The summed E-state index contributed by atoms with van der Waals surface area (Å²) in [6.07, 6.45) is 1.80. The van der Waals surface area contributed by atoms with Gasteiger partial charge in [-0.05, 0) is 83.5 Å². The van der Waals surface area contributed by atoms with Gasteiger partial charge in [0.05, 0.1) is 39.1 Å². The Morgan fingerprint density at radius 1 is 1.15 bits per heavy atom. The van der Waals surface area contributed by atoms with E-state index in [1.165, 1.54) is 11.3 Å². The second kappa shape index (κ2) is 12.6. The normalized spacial score (nSPS) is 14.9. The molecule has 210 valence electrons. The first-order valence-electron chi connectivity index (χ1n) is 12.8. The number of benzene rings is 3. The molecule has 1 aliphatic rings. The second-order valence-corrected chi connectivity index (χ2v) is 11.8. The number of allylic oxidation sites excluding steroid dienone is 1. The Kier molecular flexibility index (Phi) is 8.96. The van der Waals surface area contributed by atoms with E-state index in [1.54, 1.807) is 43.7 Å². The van der Waals surface area contributed by atoms with E-state index < -0.39 is 12.0 Å². The van der Waals surface area contributed by atoms with E-state index in [2.05, 4.69) is 27.6 Å². The molecule has 5 rings (SSSR count). The summed E-state index contributed by atoms with van der Waals surface area (Å²) in [5, 5.41) is 0.555. The van der Waals surface area contributed by atoms with Gasteiger partial charge in [0.15, 0.2) is 16.3 Å². The number of fused-ring (bicyclic) bond motifs is 1. The van der Waals surface area contributed by atoms with Gasteiger partial charge in [0, 0.05) is 5.02 Å². The lowest BCUT2D eigenvalue weighted by Crippen LogP contribution is -2.39. The second-order valence-electron chi connectivity index (χ2n) is 9.16. The van der Waals surface area contributed by atoms with E-state index >= 15 is 0 Å². The van der Waals surface area contributed by atoms with Crippen LogP contribution in [0.1, 0.15) is 36.6 Å². The highest BCUT2D eigenvalue weighted by atomic mass is 127. The lowest BCUT2D eigenvalue weighted by atomic mass is 9.96. The summed E-state index contributed by atoms with van der Waals surface area (Å²) in [6, 6.07) is 20.1. The molecule has 10 heteroatoms. The maximum atomic E-state index is 13.9. The predicted molar refractivity (Wildman–Crippen MR) is 168 cm³/mol. The molecule has 0 N–H and O–H groups in total. The predicted octanol–water partition coefficient (Wildman–Crippen LogP) is 5.64. The van der Waals surface area contributed by atoms with Gasteiger partial charge in [0.25, 0.3) is 5.56 Å². The fraction of sp³-hybridized carbons (Fsp3) is 0.194. The first-order chi connectivity index (χ1) is 19.8. The molecule has 7 nitrogen and oxygen atoms in total. The zero-order valence-corrected chi connectivity index (χ0v) is 26.2. The number of nitrogens with zero attached hydrogens (tertiary/aromatic N) is 2. The maximum Gasteiger partial charge on any atom is 0.338 e. The minimum Gasteiger partial charge on any atom is -0.493 e. The largest absolute Gasteiger partial charge is 0.493 e. The van der Waals surface area contributed by atoms with E-state index in [1.807, 2.05) is 54.6 Å². The van der Waals surface area contributed by atoms with Crippen LogP contribution in [-0.4, -0.2) is 24.3 Å². The average molecular weight is 701 g/mol. The summed E-state index contributed by atoms with van der Waals surface area (Å²) < 4.78 is 20.0. The van der Waals surface area contributed by atoms with E-state index in [4.69, 9.17) is 25.8 Å². The Morgan fingerprint density at radius 3 is 2.56 bits per heavy atom. The number of ether oxygens (including phenoxy) is 3. The highest BCUT2D eigenvalue weighted by molar-refractivity contribution is 14.1. The molecule has 0 radical (unpaired) electrons. The van der Waals surface area contributed by atoms with Crippen molar-refractivity contribution >= 4 is 57.6 Å². The Labute approximate surface area is 259 Å². The van der Waals surface area contributed by atoms with E-state index in [0.717, 1.165) is 20.3 Å². The average Bonchev–Trinajstić information content (AvgIpc) is 3.26. The minimum atomic E-state index is -0.701. The number of esters is 1. The molecule has 0 amide bonds. The Balaban J connectivity index is 1.58. The lowest BCUT2D eigenvalue weighted by Gasteiger charge is -2.24.